The van der Waals surface area contributed by atoms with E-state index in [0.717, 1.165) is 16.6 Å². The highest BCUT2D eigenvalue weighted by atomic mass is 19.1. The third kappa shape index (κ3) is 2.51. The number of para-hydroxylation sites is 1. The molecule has 1 unspecified atom stereocenters. The van der Waals surface area contributed by atoms with E-state index in [4.69, 9.17) is 5.73 Å². The van der Waals surface area contributed by atoms with Crippen molar-refractivity contribution in [2.75, 3.05) is 6.54 Å². The summed E-state index contributed by atoms with van der Waals surface area (Å²) in [6, 6.07) is 11.7. The Balaban J connectivity index is 2.31. The highest BCUT2D eigenvalue weighted by Gasteiger charge is 2.32. The average Bonchev–Trinajstić information content (AvgIpc) is 2.38. The summed E-state index contributed by atoms with van der Waals surface area (Å²) in [6.45, 7) is 3.74. The maximum Gasteiger partial charge on any atom is 0.131 e. The van der Waals surface area contributed by atoms with Crippen LogP contribution >= 0.6 is 0 Å². The Labute approximate surface area is 107 Å². The van der Waals surface area contributed by atoms with Gasteiger partial charge >= 0.3 is 0 Å². The summed E-state index contributed by atoms with van der Waals surface area (Å²) in [4.78, 5) is 4.50. The number of alkyl halides is 1. The predicted molar refractivity (Wildman–Crippen MR) is 73.2 cm³/mol. The molecule has 2 aromatic rings. The topological polar surface area (TPSA) is 38.9 Å². The largest absolute Gasteiger partial charge is 0.328 e. The predicted octanol–water partition coefficient (Wildman–Crippen LogP) is 3.10. The third-order valence-corrected chi connectivity index (χ3v) is 3.51. The molecule has 3 heteroatoms. The average molecular weight is 246 g/mol. The van der Waals surface area contributed by atoms with Crippen molar-refractivity contribution in [2.24, 2.45) is 11.7 Å². The van der Waals surface area contributed by atoms with Crippen LogP contribution in [0.1, 0.15) is 19.5 Å². The van der Waals surface area contributed by atoms with Crippen LogP contribution in [0.3, 0.4) is 0 Å². The summed E-state index contributed by atoms with van der Waals surface area (Å²) in [7, 11) is 0. The summed E-state index contributed by atoms with van der Waals surface area (Å²) < 4.78 is 14.6. The first-order valence-electron chi connectivity index (χ1n) is 6.29. The Morgan fingerprint density at radius 1 is 1.22 bits per heavy atom. The monoisotopic (exact) mass is 246 g/mol. The minimum atomic E-state index is -1.38. The van der Waals surface area contributed by atoms with E-state index in [1.54, 1.807) is 0 Å². The van der Waals surface area contributed by atoms with Crippen molar-refractivity contribution in [2.45, 2.75) is 25.9 Å². The maximum absolute atomic E-state index is 14.6. The maximum atomic E-state index is 14.6. The van der Waals surface area contributed by atoms with E-state index in [9.17, 15) is 4.39 Å². The lowest BCUT2D eigenvalue weighted by atomic mass is 9.87. The zero-order valence-corrected chi connectivity index (χ0v) is 10.9. The summed E-state index contributed by atoms with van der Waals surface area (Å²) in [5.74, 6) is -0.115. The number of aromatic nitrogens is 1. The second-order valence-corrected chi connectivity index (χ2v) is 5.07. The molecule has 0 spiro atoms. The lowest BCUT2D eigenvalue weighted by Gasteiger charge is -2.27. The number of benzene rings is 1. The van der Waals surface area contributed by atoms with Crippen LogP contribution in [0.2, 0.25) is 0 Å². The molecular weight excluding hydrogens is 227 g/mol. The second-order valence-electron chi connectivity index (χ2n) is 5.07. The van der Waals surface area contributed by atoms with E-state index >= 15 is 0 Å². The first-order valence-corrected chi connectivity index (χ1v) is 6.29. The van der Waals surface area contributed by atoms with Crippen LogP contribution in [0.25, 0.3) is 10.9 Å². The smallest absolute Gasteiger partial charge is 0.131 e. The molecule has 96 valence electrons. The van der Waals surface area contributed by atoms with Crippen LogP contribution in [0.15, 0.2) is 36.4 Å². The summed E-state index contributed by atoms with van der Waals surface area (Å²) >= 11 is 0. The zero-order chi connectivity index (χ0) is 13.2. The molecule has 2 N–H and O–H groups in total. The zero-order valence-electron chi connectivity index (χ0n) is 10.9. The lowest BCUT2D eigenvalue weighted by molar-refractivity contribution is 0.109. The van der Waals surface area contributed by atoms with Gasteiger partial charge in [0.25, 0.3) is 0 Å². The molecule has 0 fully saturated rings. The minimum absolute atomic E-state index is 0.0270. The van der Waals surface area contributed by atoms with Crippen LogP contribution < -0.4 is 5.73 Å². The quantitative estimate of drug-likeness (QED) is 0.900. The Hall–Kier alpha value is -1.48. The van der Waals surface area contributed by atoms with Gasteiger partial charge in [0.2, 0.25) is 0 Å². The molecule has 0 saturated heterocycles. The van der Waals surface area contributed by atoms with E-state index < -0.39 is 5.67 Å². The molecule has 0 amide bonds. The van der Waals surface area contributed by atoms with Gasteiger partial charge in [0.05, 0.1) is 5.52 Å². The lowest BCUT2D eigenvalue weighted by Crippen LogP contribution is -2.40. The van der Waals surface area contributed by atoms with Crippen molar-refractivity contribution in [3.05, 3.63) is 42.1 Å². The number of nitrogens with zero attached hydrogens (tertiary/aromatic N) is 1. The molecule has 0 bridgehead atoms. The number of hydrogen-bond acceptors (Lipinski definition) is 2. The van der Waals surface area contributed by atoms with E-state index in [0.29, 0.717) is 0 Å². The molecule has 0 saturated carbocycles. The van der Waals surface area contributed by atoms with Gasteiger partial charge in [0.1, 0.15) is 5.67 Å². The number of rotatable bonds is 4. The SMILES string of the molecule is CC(C)C(F)(CN)Cc1ccc2ccccc2n1. The first kappa shape index (κ1) is 13.0. The van der Waals surface area contributed by atoms with Crippen molar-refractivity contribution in [1.82, 2.24) is 4.98 Å². The number of pyridine rings is 1. The Morgan fingerprint density at radius 3 is 2.61 bits per heavy atom. The Morgan fingerprint density at radius 2 is 1.94 bits per heavy atom. The van der Waals surface area contributed by atoms with Crippen LogP contribution in [0.4, 0.5) is 4.39 Å². The number of halogens is 1. The van der Waals surface area contributed by atoms with Crippen molar-refractivity contribution < 1.29 is 4.39 Å². The minimum Gasteiger partial charge on any atom is -0.328 e. The fourth-order valence-corrected chi connectivity index (χ4v) is 2.02. The van der Waals surface area contributed by atoms with Gasteiger partial charge in [0, 0.05) is 24.0 Å². The molecule has 18 heavy (non-hydrogen) atoms. The molecule has 1 heterocycles. The summed E-state index contributed by atoms with van der Waals surface area (Å²) in [5.41, 5.74) is 5.85. The molecule has 1 aromatic carbocycles. The summed E-state index contributed by atoms with van der Waals surface area (Å²) in [5, 5.41) is 1.07. The molecule has 2 rings (SSSR count). The molecule has 1 atom stereocenters. The van der Waals surface area contributed by atoms with E-state index in [1.807, 2.05) is 50.2 Å². The Kier molecular flexibility index (Phi) is 3.62. The van der Waals surface area contributed by atoms with Gasteiger partial charge in [-0.3, -0.25) is 4.98 Å². The van der Waals surface area contributed by atoms with Gasteiger partial charge in [-0.15, -0.1) is 0 Å². The van der Waals surface area contributed by atoms with Gasteiger partial charge in [-0.1, -0.05) is 38.1 Å². The van der Waals surface area contributed by atoms with Gasteiger partial charge in [-0.25, -0.2) is 4.39 Å². The van der Waals surface area contributed by atoms with Gasteiger partial charge in [0.15, 0.2) is 0 Å². The van der Waals surface area contributed by atoms with Gasteiger partial charge in [-0.2, -0.15) is 0 Å². The van der Waals surface area contributed by atoms with E-state index in [-0.39, 0.29) is 18.9 Å². The van der Waals surface area contributed by atoms with Gasteiger partial charge < -0.3 is 5.73 Å². The highest BCUT2D eigenvalue weighted by molar-refractivity contribution is 5.78. The van der Waals surface area contributed by atoms with E-state index in [2.05, 4.69) is 4.98 Å². The number of nitrogens with two attached hydrogens (primary N) is 1. The number of fused-ring (bicyclic) bond motifs is 1. The Bertz CT molecular complexity index is 539. The number of hydrogen-bond donors (Lipinski definition) is 1. The molecule has 0 aliphatic carbocycles. The molecular formula is C15H19FN2. The molecule has 0 aliphatic rings. The fraction of sp³-hybridized carbons (Fsp3) is 0.400. The highest BCUT2D eigenvalue weighted by Crippen LogP contribution is 2.26. The van der Waals surface area contributed by atoms with Crippen LogP contribution in [0.5, 0.6) is 0 Å². The molecule has 0 radical (unpaired) electrons. The fourth-order valence-electron chi connectivity index (χ4n) is 2.02. The van der Waals surface area contributed by atoms with Gasteiger partial charge in [-0.05, 0) is 18.1 Å². The molecule has 0 aliphatic heterocycles. The standard InChI is InChI=1S/C15H19FN2/c1-11(2)15(16,10-17)9-13-8-7-12-5-3-4-6-14(12)18-13/h3-8,11H,9-10,17H2,1-2H3. The van der Waals surface area contributed by atoms with E-state index in [1.165, 1.54) is 0 Å². The molecule has 1 aromatic heterocycles. The normalized spacial score (nSPS) is 14.9. The summed E-state index contributed by atoms with van der Waals surface area (Å²) in [6.07, 6.45) is 0.270. The first-order chi connectivity index (χ1) is 8.55. The van der Waals surface area contributed by atoms with Crippen LogP contribution in [-0.2, 0) is 6.42 Å². The van der Waals surface area contributed by atoms with Crippen molar-refractivity contribution >= 4 is 10.9 Å². The van der Waals surface area contributed by atoms with Crippen molar-refractivity contribution in [3.63, 3.8) is 0 Å². The van der Waals surface area contributed by atoms with Crippen molar-refractivity contribution in [3.8, 4) is 0 Å². The second kappa shape index (κ2) is 5.02. The van der Waals surface area contributed by atoms with Crippen LogP contribution in [-0.4, -0.2) is 17.2 Å². The van der Waals surface area contributed by atoms with Crippen molar-refractivity contribution in [1.29, 1.82) is 0 Å². The third-order valence-electron chi connectivity index (χ3n) is 3.51. The van der Waals surface area contributed by atoms with Crippen LogP contribution in [0, 0.1) is 5.92 Å². The molecule has 2 nitrogen and oxygen atoms in total.